The van der Waals surface area contributed by atoms with Gasteiger partial charge < -0.3 is 9.15 Å². The Kier molecular flexibility index (Phi) is 3.94. The molecule has 0 aliphatic carbocycles. The Bertz CT molecular complexity index is 816. The van der Waals surface area contributed by atoms with Gasteiger partial charge in [-0.25, -0.2) is 0 Å². The molecule has 1 aliphatic heterocycles. The van der Waals surface area contributed by atoms with Crippen molar-refractivity contribution < 1.29 is 18.7 Å². The predicted molar refractivity (Wildman–Crippen MR) is 87.6 cm³/mol. The Balaban J connectivity index is 1.93. The second kappa shape index (κ2) is 6.05. The molecule has 1 aromatic heterocycles. The summed E-state index contributed by atoms with van der Waals surface area (Å²) in [6.45, 7) is 0. The minimum absolute atomic E-state index is 0.00805. The van der Waals surface area contributed by atoms with Gasteiger partial charge in [-0.2, -0.15) is 0 Å². The van der Waals surface area contributed by atoms with E-state index in [0.29, 0.717) is 17.3 Å². The summed E-state index contributed by atoms with van der Waals surface area (Å²) >= 11 is 4.74. The summed E-state index contributed by atoms with van der Waals surface area (Å²) in [5, 5.41) is 4.73. The van der Waals surface area contributed by atoms with Crippen LogP contribution in [-0.4, -0.2) is 24.0 Å². The Morgan fingerprint density at radius 3 is 2.48 bits per heavy atom. The molecule has 0 bridgehead atoms. The third kappa shape index (κ3) is 3.00. The van der Waals surface area contributed by atoms with Crippen LogP contribution in [0.15, 0.2) is 46.4 Å². The largest absolute Gasteiger partial charge is 0.496 e. The number of carbonyl (C=O) groups is 2. The summed E-state index contributed by atoms with van der Waals surface area (Å²) in [5.41, 5.74) is 0.706. The number of para-hydroxylation sites is 1. The zero-order valence-electron chi connectivity index (χ0n) is 12.1. The van der Waals surface area contributed by atoms with Gasteiger partial charge in [0.25, 0.3) is 11.8 Å². The van der Waals surface area contributed by atoms with Crippen molar-refractivity contribution >= 4 is 35.2 Å². The van der Waals surface area contributed by atoms with Crippen molar-refractivity contribution in [1.82, 2.24) is 10.6 Å². The third-order valence-electron chi connectivity index (χ3n) is 3.23. The highest BCUT2D eigenvalue weighted by Crippen LogP contribution is 2.31. The number of hydrogen-bond acceptors (Lipinski definition) is 5. The van der Waals surface area contributed by atoms with Gasteiger partial charge >= 0.3 is 0 Å². The van der Waals surface area contributed by atoms with Crippen LogP contribution in [0.4, 0.5) is 0 Å². The minimum atomic E-state index is -0.561. The number of carbonyl (C=O) groups excluding carboxylic acids is 2. The topological polar surface area (TPSA) is 80.6 Å². The van der Waals surface area contributed by atoms with Crippen LogP contribution in [-0.2, 0) is 9.59 Å². The van der Waals surface area contributed by atoms with Gasteiger partial charge in [0.2, 0.25) is 0 Å². The van der Waals surface area contributed by atoms with Crippen molar-refractivity contribution in [3.8, 4) is 17.1 Å². The lowest BCUT2D eigenvalue weighted by Gasteiger charge is -2.15. The van der Waals surface area contributed by atoms with E-state index in [9.17, 15) is 9.59 Å². The number of hydrogen-bond donors (Lipinski definition) is 2. The maximum atomic E-state index is 11.8. The van der Waals surface area contributed by atoms with Crippen molar-refractivity contribution in [3.63, 3.8) is 0 Å². The lowest BCUT2D eigenvalue weighted by molar-refractivity contribution is -0.123. The minimum Gasteiger partial charge on any atom is -0.496 e. The molecule has 2 amide bonds. The first-order valence-corrected chi connectivity index (χ1v) is 7.11. The molecule has 1 aromatic carbocycles. The average molecular weight is 328 g/mol. The van der Waals surface area contributed by atoms with Gasteiger partial charge in [-0.1, -0.05) is 12.1 Å². The number of rotatable bonds is 3. The summed E-state index contributed by atoms with van der Waals surface area (Å²) in [5.74, 6) is 0.489. The van der Waals surface area contributed by atoms with E-state index in [-0.39, 0.29) is 10.7 Å². The van der Waals surface area contributed by atoms with Crippen LogP contribution in [0.25, 0.3) is 17.4 Å². The molecule has 0 saturated carbocycles. The van der Waals surface area contributed by atoms with Crippen LogP contribution < -0.4 is 15.4 Å². The van der Waals surface area contributed by atoms with Gasteiger partial charge in [0, 0.05) is 0 Å². The fourth-order valence-corrected chi connectivity index (χ4v) is 2.36. The smallest absolute Gasteiger partial charge is 0.263 e. The number of ether oxygens (including phenoxy) is 1. The molecule has 1 fully saturated rings. The number of furan rings is 1. The Morgan fingerprint density at radius 2 is 1.78 bits per heavy atom. The van der Waals surface area contributed by atoms with Crippen molar-refractivity contribution in [2.24, 2.45) is 0 Å². The molecule has 23 heavy (non-hydrogen) atoms. The highest BCUT2D eigenvalue weighted by atomic mass is 32.1. The van der Waals surface area contributed by atoms with Gasteiger partial charge in [-0.3, -0.25) is 20.2 Å². The maximum Gasteiger partial charge on any atom is 0.263 e. The molecule has 0 unspecified atom stereocenters. The third-order valence-corrected chi connectivity index (χ3v) is 3.43. The van der Waals surface area contributed by atoms with Crippen molar-refractivity contribution in [2.45, 2.75) is 0 Å². The van der Waals surface area contributed by atoms with E-state index in [0.717, 1.165) is 5.56 Å². The van der Waals surface area contributed by atoms with E-state index in [4.69, 9.17) is 21.4 Å². The first-order valence-electron chi connectivity index (χ1n) is 6.70. The molecule has 1 aliphatic rings. The van der Waals surface area contributed by atoms with Gasteiger partial charge in [0.05, 0.1) is 12.7 Å². The molecular formula is C16H12N2O4S. The summed E-state index contributed by atoms with van der Waals surface area (Å²) < 4.78 is 11.0. The Morgan fingerprint density at radius 1 is 1.09 bits per heavy atom. The molecule has 1 saturated heterocycles. The van der Waals surface area contributed by atoms with Crippen LogP contribution in [0, 0.1) is 0 Å². The quantitative estimate of drug-likeness (QED) is 0.511. The number of amides is 2. The van der Waals surface area contributed by atoms with Gasteiger partial charge in [-0.05, 0) is 42.6 Å². The fourth-order valence-electron chi connectivity index (χ4n) is 2.17. The molecule has 3 rings (SSSR count). The lowest BCUT2D eigenvalue weighted by Crippen LogP contribution is -2.51. The van der Waals surface area contributed by atoms with Crippen molar-refractivity contribution in [1.29, 1.82) is 0 Å². The molecule has 116 valence electrons. The van der Waals surface area contributed by atoms with Crippen LogP contribution >= 0.6 is 12.2 Å². The second-order valence-corrected chi connectivity index (χ2v) is 5.11. The maximum absolute atomic E-state index is 11.8. The van der Waals surface area contributed by atoms with E-state index in [2.05, 4.69) is 10.6 Å². The van der Waals surface area contributed by atoms with Gasteiger partial charge in [0.1, 0.15) is 22.8 Å². The van der Waals surface area contributed by atoms with Crippen molar-refractivity contribution in [3.05, 3.63) is 47.7 Å². The molecule has 2 N–H and O–H groups in total. The van der Waals surface area contributed by atoms with E-state index < -0.39 is 11.8 Å². The van der Waals surface area contributed by atoms with E-state index >= 15 is 0 Å². The van der Waals surface area contributed by atoms with Crippen LogP contribution in [0.5, 0.6) is 5.75 Å². The first kappa shape index (κ1) is 15.0. The van der Waals surface area contributed by atoms with Crippen molar-refractivity contribution in [2.75, 3.05) is 7.11 Å². The molecule has 6 nitrogen and oxygen atoms in total. The number of thiocarbonyl (C=S) groups is 1. The lowest BCUT2D eigenvalue weighted by atomic mass is 10.1. The number of benzene rings is 1. The van der Waals surface area contributed by atoms with E-state index in [1.165, 1.54) is 6.08 Å². The molecule has 2 heterocycles. The Labute approximate surface area is 137 Å². The molecule has 7 heteroatoms. The Hall–Kier alpha value is -2.93. The number of nitrogens with one attached hydrogen (secondary N) is 2. The number of methoxy groups -OCH3 is 1. The highest BCUT2D eigenvalue weighted by molar-refractivity contribution is 7.80. The zero-order chi connectivity index (χ0) is 16.4. The van der Waals surface area contributed by atoms with Gasteiger partial charge in [0.15, 0.2) is 5.11 Å². The van der Waals surface area contributed by atoms with Crippen LogP contribution in [0.3, 0.4) is 0 Å². The second-order valence-electron chi connectivity index (χ2n) is 4.70. The SMILES string of the molecule is COc1ccccc1-c1ccc(C=C2C(=O)NC(=S)NC2=O)o1. The van der Waals surface area contributed by atoms with Crippen LogP contribution in [0.1, 0.15) is 5.76 Å². The molecule has 0 spiro atoms. The molecule has 2 aromatic rings. The monoisotopic (exact) mass is 328 g/mol. The summed E-state index contributed by atoms with van der Waals surface area (Å²) in [6, 6.07) is 10.8. The van der Waals surface area contributed by atoms with Crippen LogP contribution in [0.2, 0.25) is 0 Å². The van der Waals surface area contributed by atoms with E-state index in [1.54, 1.807) is 19.2 Å². The predicted octanol–water partition coefficient (Wildman–Crippen LogP) is 1.87. The molecular weight excluding hydrogens is 316 g/mol. The normalized spacial score (nSPS) is 14.3. The zero-order valence-corrected chi connectivity index (χ0v) is 12.9. The van der Waals surface area contributed by atoms with Gasteiger partial charge in [-0.15, -0.1) is 0 Å². The average Bonchev–Trinajstić information content (AvgIpc) is 2.99. The molecule has 0 atom stereocenters. The molecule has 0 radical (unpaired) electrons. The summed E-state index contributed by atoms with van der Waals surface area (Å²) in [7, 11) is 1.57. The summed E-state index contributed by atoms with van der Waals surface area (Å²) in [4.78, 5) is 23.6. The highest BCUT2D eigenvalue weighted by Gasteiger charge is 2.26. The van der Waals surface area contributed by atoms with E-state index in [1.807, 2.05) is 24.3 Å². The summed E-state index contributed by atoms with van der Waals surface area (Å²) in [6.07, 6.45) is 1.37. The fraction of sp³-hybridized carbons (Fsp3) is 0.0625. The first-order chi connectivity index (χ1) is 11.1. The standard InChI is InChI=1S/C16H12N2O4S/c1-21-12-5-3-2-4-10(12)13-7-6-9(22-13)8-11-14(19)17-16(23)18-15(11)20/h2-8H,1H3,(H2,17,18,19,20,23).